The van der Waals surface area contributed by atoms with Gasteiger partial charge in [0, 0.05) is 0 Å². The molecule has 1 aromatic carbocycles. The Kier molecular flexibility index (Phi) is 5.41. The van der Waals surface area contributed by atoms with Crippen molar-refractivity contribution < 1.29 is 23.0 Å². The van der Waals surface area contributed by atoms with Gasteiger partial charge in [-0.2, -0.15) is 4.31 Å². The van der Waals surface area contributed by atoms with Crippen molar-refractivity contribution in [2.75, 3.05) is 39.0 Å². The summed E-state index contributed by atoms with van der Waals surface area (Å²) >= 11 is 0. The molecule has 0 amide bonds. The molecule has 128 valence electrons. The minimum Gasteiger partial charge on any atom is -0.633 e. The summed E-state index contributed by atoms with van der Waals surface area (Å²) in [7, 11) is -2.18. The molecule has 1 aliphatic heterocycles. The molecule has 1 aliphatic rings. The number of rotatable bonds is 6. The van der Waals surface area contributed by atoms with Crippen molar-refractivity contribution in [1.82, 2.24) is 4.31 Å². The Morgan fingerprint density at radius 1 is 1.30 bits per heavy atom. The third-order valence-corrected chi connectivity index (χ3v) is 6.10. The topological polar surface area (TPSA) is 97.7 Å². The van der Waals surface area contributed by atoms with Gasteiger partial charge in [0.05, 0.1) is 44.9 Å². The highest BCUT2D eigenvalue weighted by molar-refractivity contribution is 7.89. The molecule has 1 N–H and O–H groups in total. The molecular weight excluding hydrogens is 320 g/mol. The molecule has 1 unspecified atom stereocenters. The van der Waals surface area contributed by atoms with E-state index < -0.39 is 32.3 Å². The van der Waals surface area contributed by atoms with E-state index in [2.05, 4.69) is 0 Å². The minimum atomic E-state index is -3.69. The number of carboxylic acid groups (broad SMARTS) is 1. The van der Waals surface area contributed by atoms with E-state index in [9.17, 15) is 23.5 Å². The third-order valence-electron chi connectivity index (χ3n) is 4.12. The summed E-state index contributed by atoms with van der Waals surface area (Å²) in [5.74, 6) is -2.57. The van der Waals surface area contributed by atoms with Crippen molar-refractivity contribution in [3.63, 3.8) is 0 Å². The number of quaternary nitrogens is 1. The number of benzene rings is 1. The predicted molar refractivity (Wildman–Crippen MR) is 85.9 cm³/mol. The summed E-state index contributed by atoms with van der Waals surface area (Å²) in [5.41, 5.74) is 0.789. The van der Waals surface area contributed by atoms with Crippen LogP contribution in [0.3, 0.4) is 0 Å². The van der Waals surface area contributed by atoms with Crippen molar-refractivity contribution >= 4 is 16.0 Å². The van der Waals surface area contributed by atoms with E-state index in [4.69, 9.17) is 0 Å². The van der Waals surface area contributed by atoms with E-state index in [-0.39, 0.29) is 32.6 Å². The molecule has 0 radical (unpaired) electrons. The maximum atomic E-state index is 12.5. The highest BCUT2D eigenvalue weighted by atomic mass is 32.2. The molecule has 0 bridgehead atoms. The number of hydrogen-bond donors (Lipinski definition) is 1. The van der Waals surface area contributed by atoms with Crippen LogP contribution in [0, 0.1) is 11.1 Å². The van der Waals surface area contributed by atoms with E-state index in [1.165, 1.54) is 11.4 Å². The standard InChI is InChI=1S/C15H22N2O5S/c1-17(20)9-7-16(8-10-17)23(21,22)12-14(15(18)19)11-13-5-3-2-4-6-13/h2-6,14H,7-12H2,1H3,(H,18,19). The first-order valence-electron chi connectivity index (χ1n) is 7.50. The van der Waals surface area contributed by atoms with Gasteiger partial charge in [-0.05, 0) is 12.0 Å². The van der Waals surface area contributed by atoms with Crippen LogP contribution in [0.1, 0.15) is 5.56 Å². The van der Waals surface area contributed by atoms with Crippen molar-refractivity contribution in [2.45, 2.75) is 6.42 Å². The van der Waals surface area contributed by atoms with E-state index in [1.54, 1.807) is 24.3 Å². The molecule has 1 heterocycles. The first-order valence-corrected chi connectivity index (χ1v) is 9.11. The summed E-state index contributed by atoms with van der Waals surface area (Å²) in [4.78, 5) is 11.4. The quantitative estimate of drug-likeness (QED) is 0.600. The lowest BCUT2D eigenvalue weighted by atomic mass is 10.0. The van der Waals surface area contributed by atoms with Crippen LogP contribution in [0.15, 0.2) is 30.3 Å². The molecule has 0 aliphatic carbocycles. The number of piperazine rings is 1. The average molecular weight is 342 g/mol. The van der Waals surface area contributed by atoms with Gasteiger partial charge in [-0.3, -0.25) is 4.79 Å². The molecule has 2 rings (SSSR count). The number of carbonyl (C=O) groups is 1. The number of nitrogens with zero attached hydrogens (tertiary/aromatic N) is 2. The number of sulfonamides is 1. The molecule has 7 nitrogen and oxygen atoms in total. The fourth-order valence-electron chi connectivity index (χ4n) is 2.62. The van der Waals surface area contributed by atoms with Crippen molar-refractivity contribution in [3.8, 4) is 0 Å². The van der Waals surface area contributed by atoms with Crippen LogP contribution < -0.4 is 0 Å². The summed E-state index contributed by atoms with van der Waals surface area (Å²) in [5, 5.41) is 21.1. The van der Waals surface area contributed by atoms with Gasteiger partial charge in [0.25, 0.3) is 0 Å². The van der Waals surface area contributed by atoms with Gasteiger partial charge < -0.3 is 15.0 Å². The van der Waals surface area contributed by atoms with Crippen LogP contribution in [0.25, 0.3) is 0 Å². The van der Waals surface area contributed by atoms with Crippen LogP contribution in [0.4, 0.5) is 0 Å². The zero-order valence-electron chi connectivity index (χ0n) is 13.1. The number of likely N-dealkylation sites (N-methyl/N-ethyl adjacent to an activating group) is 1. The summed E-state index contributed by atoms with van der Waals surface area (Å²) < 4.78 is 25.7. The Bertz CT molecular complexity index is 635. The molecule has 23 heavy (non-hydrogen) atoms. The predicted octanol–water partition coefficient (Wildman–Crippen LogP) is 0.520. The minimum absolute atomic E-state index is 0.139. The van der Waals surface area contributed by atoms with E-state index in [0.717, 1.165) is 5.56 Å². The second-order valence-corrected chi connectivity index (χ2v) is 8.16. The highest BCUT2D eigenvalue weighted by Gasteiger charge is 2.34. The molecule has 0 aromatic heterocycles. The molecule has 8 heteroatoms. The average Bonchev–Trinajstić information content (AvgIpc) is 2.47. The van der Waals surface area contributed by atoms with Gasteiger partial charge in [0.1, 0.15) is 0 Å². The summed E-state index contributed by atoms with van der Waals surface area (Å²) in [6.07, 6.45) is 0.165. The Morgan fingerprint density at radius 3 is 2.39 bits per heavy atom. The van der Waals surface area contributed by atoms with Crippen LogP contribution in [-0.2, 0) is 21.2 Å². The first kappa shape index (κ1) is 17.9. The van der Waals surface area contributed by atoms with Gasteiger partial charge in [-0.15, -0.1) is 0 Å². The third kappa shape index (κ3) is 5.00. The zero-order valence-corrected chi connectivity index (χ0v) is 13.9. The normalized spacial score (nSPS) is 20.1. The fraction of sp³-hybridized carbons (Fsp3) is 0.533. The van der Waals surface area contributed by atoms with Gasteiger partial charge >= 0.3 is 5.97 Å². The molecule has 0 spiro atoms. The van der Waals surface area contributed by atoms with E-state index >= 15 is 0 Å². The second kappa shape index (κ2) is 6.96. The van der Waals surface area contributed by atoms with Crippen LogP contribution in [0.2, 0.25) is 0 Å². The lowest BCUT2D eigenvalue weighted by Gasteiger charge is -2.44. The Hall–Kier alpha value is -1.48. The number of carboxylic acids is 1. The smallest absolute Gasteiger partial charge is 0.307 e. The summed E-state index contributed by atoms with van der Waals surface area (Å²) in [6, 6.07) is 8.97. The highest BCUT2D eigenvalue weighted by Crippen LogP contribution is 2.17. The molecule has 1 saturated heterocycles. The first-order chi connectivity index (χ1) is 10.7. The molecular formula is C15H22N2O5S. The number of aliphatic carboxylic acids is 1. The monoisotopic (exact) mass is 342 g/mol. The Morgan fingerprint density at radius 2 is 1.87 bits per heavy atom. The van der Waals surface area contributed by atoms with Crippen LogP contribution in [-0.4, -0.2) is 67.4 Å². The van der Waals surface area contributed by atoms with Gasteiger partial charge in [-0.1, -0.05) is 30.3 Å². The number of hydroxylamine groups is 3. The zero-order chi connectivity index (χ0) is 17.1. The number of hydrogen-bond acceptors (Lipinski definition) is 4. The van der Waals surface area contributed by atoms with Crippen molar-refractivity contribution in [2.24, 2.45) is 5.92 Å². The molecule has 1 atom stereocenters. The van der Waals surface area contributed by atoms with Gasteiger partial charge in [0.15, 0.2) is 0 Å². The Balaban J connectivity index is 2.05. The Labute approximate surface area is 136 Å². The van der Waals surface area contributed by atoms with E-state index in [1.807, 2.05) is 6.07 Å². The lowest BCUT2D eigenvalue weighted by Crippen LogP contribution is -2.55. The lowest BCUT2D eigenvalue weighted by molar-refractivity contribution is -0.864. The van der Waals surface area contributed by atoms with Gasteiger partial charge in [-0.25, -0.2) is 8.42 Å². The fourth-order valence-corrected chi connectivity index (χ4v) is 4.32. The van der Waals surface area contributed by atoms with Crippen molar-refractivity contribution in [1.29, 1.82) is 0 Å². The molecule has 1 aromatic rings. The van der Waals surface area contributed by atoms with Crippen LogP contribution >= 0.6 is 0 Å². The van der Waals surface area contributed by atoms with Crippen LogP contribution in [0.5, 0.6) is 0 Å². The van der Waals surface area contributed by atoms with Crippen molar-refractivity contribution in [3.05, 3.63) is 41.1 Å². The second-order valence-electron chi connectivity index (χ2n) is 6.15. The largest absolute Gasteiger partial charge is 0.633 e. The van der Waals surface area contributed by atoms with E-state index in [0.29, 0.717) is 0 Å². The molecule has 1 fully saturated rings. The summed E-state index contributed by atoms with van der Waals surface area (Å²) in [6.45, 7) is 0.658. The molecule has 0 saturated carbocycles. The maximum Gasteiger partial charge on any atom is 0.307 e. The maximum absolute atomic E-state index is 12.5. The SMILES string of the molecule is C[N+]1([O-])CCN(S(=O)(=O)CC(Cc2ccccc2)C(=O)O)CC1. The van der Waals surface area contributed by atoms with Gasteiger partial charge in [0.2, 0.25) is 10.0 Å².